The van der Waals surface area contributed by atoms with Gasteiger partial charge in [-0.2, -0.15) is 32.3 Å². The van der Waals surface area contributed by atoms with E-state index in [0.717, 1.165) is 29.1 Å². The van der Waals surface area contributed by atoms with Crippen LogP contribution in [0.2, 0.25) is 0 Å². The first-order chi connectivity index (χ1) is 19.5. The van der Waals surface area contributed by atoms with Crippen molar-refractivity contribution in [1.29, 1.82) is 5.26 Å². The van der Waals surface area contributed by atoms with Gasteiger partial charge in [-0.25, -0.2) is 9.36 Å². The molecule has 0 bridgehead atoms. The Balaban J connectivity index is 2.01. The molecule has 17 heteroatoms. The minimum absolute atomic E-state index is 0.111. The van der Waals surface area contributed by atoms with Gasteiger partial charge in [-0.05, 0) is 30.3 Å². The molecule has 0 radical (unpaired) electrons. The van der Waals surface area contributed by atoms with Gasteiger partial charge in [0.2, 0.25) is 5.91 Å². The Morgan fingerprint density at radius 2 is 1.67 bits per heavy atom. The Bertz CT molecular complexity index is 1980. The normalized spacial score (nSPS) is 12.4. The highest BCUT2D eigenvalue weighted by molar-refractivity contribution is 7.86. The molecule has 1 amide bonds. The maximum absolute atomic E-state index is 12.2. The number of hydrogen-bond acceptors (Lipinski definition) is 10. The van der Waals surface area contributed by atoms with Crippen LogP contribution in [0.1, 0.15) is 39.0 Å². The minimum atomic E-state index is -4.95. The third-order valence-corrected chi connectivity index (χ3v) is 7.46. The summed E-state index contributed by atoms with van der Waals surface area (Å²) in [6.07, 6.45) is 1.02. The predicted octanol–water partition coefficient (Wildman–Crippen LogP) is 4.09. The molecule has 218 valence electrons. The van der Waals surface area contributed by atoms with Gasteiger partial charge in [0.1, 0.15) is 16.5 Å². The minimum Gasteiger partial charge on any atom is -0.309 e. The van der Waals surface area contributed by atoms with Gasteiger partial charge in [-0.3, -0.25) is 13.9 Å². The molecule has 0 aliphatic rings. The zero-order valence-electron chi connectivity index (χ0n) is 22.6. The summed E-state index contributed by atoms with van der Waals surface area (Å²) in [6, 6.07) is 13.0. The van der Waals surface area contributed by atoms with Crippen molar-refractivity contribution < 1.29 is 30.7 Å². The number of nitriles is 1. The van der Waals surface area contributed by atoms with E-state index in [1.165, 1.54) is 11.6 Å². The molecular formula is C25H24N8O7S2. The topological polar surface area (TPSA) is 222 Å². The van der Waals surface area contributed by atoms with Gasteiger partial charge in [0.05, 0.1) is 28.2 Å². The lowest BCUT2D eigenvalue weighted by Crippen LogP contribution is -2.13. The predicted molar refractivity (Wildman–Crippen MR) is 149 cm³/mol. The molecule has 0 atom stereocenters. The summed E-state index contributed by atoms with van der Waals surface area (Å²) in [5.74, 6) is -0.638. The number of rotatable bonds is 7. The maximum Gasteiger partial charge on any atom is 0.296 e. The highest BCUT2D eigenvalue weighted by Crippen LogP contribution is 2.40. The van der Waals surface area contributed by atoms with Crippen molar-refractivity contribution in [2.24, 2.45) is 10.2 Å². The molecular weight excluding hydrogens is 588 g/mol. The standard InChI is InChI=1S/C25H24N8O7S2/c1-15(34)28-24-21(22(25(2,3)4)31-32(24)17-8-6-5-7-9-17)29-30-23-16(13-26)14-27-33(23)19-12-18(41(35,36)37)10-11-20(19)42(38,39)40/h5-12,14H,1-4H3,(H,28,34)(H,35,36,37)(H,38,39,40). The number of hydrogen-bond donors (Lipinski definition) is 3. The molecule has 15 nitrogen and oxygen atoms in total. The number of carbonyl (C=O) groups excluding carboxylic acids is 1. The van der Waals surface area contributed by atoms with Crippen LogP contribution in [0.3, 0.4) is 0 Å². The van der Waals surface area contributed by atoms with E-state index in [4.69, 9.17) is 0 Å². The van der Waals surface area contributed by atoms with E-state index in [9.17, 15) is 36.0 Å². The van der Waals surface area contributed by atoms with Crippen LogP contribution in [0.15, 0.2) is 74.7 Å². The molecule has 3 N–H and O–H groups in total. The van der Waals surface area contributed by atoms with E-state index in [1.807, 2.05) is 26.8 Å². The monoisotopic (exact) mass is 612 g/mol. The Kier molecular flexibility index (Phi) is 7.84. The fourth-order valence-corrected chi connectivity index (χ4v) is 5.03. The van der Waals surface area contributed by atoms with Crippen LogP contribution in [-0.2, 0) is 30.4 Å². The molecule has 2 heterocycles. The molecule has 42 heavy (non-hydrogen) atoms. The molecule has 0 unspecified atom stereocenters. The Morgan fingerprint density at radius 1 is 1.00 bits per heavy atom. The maximum atomic E-state index is 12.2. The zero-order chi connectivity index (χ0) is 31.0. The number of azo groups is 1. The van der Waals surface area contributed by atoms with Crippen molar-refractivity contribution in [2.75, 3.05) is 5.32 Å². The second-order valence-electron chi connectivity index (χ2n) is 9.91. The van der Waals surface area contributed by atoms with E-state index >= 15 is 0 Å². The Morgan fingerprint density at radius 3 is 2.21 bits per heavy atom. The smallest absolute Gasteiger partial charge is 0.296 e. The van der Waals surface area contributed by atoms with Gasteiger partial charge in [0.15, 0.2) is 17.3 Å². The largest absolute Gasteiger partial charge is 0.309 e. The van der Waals surface area contributed by atoms with Crippen LogP contribution in [-0.4, -0.2) is 51.4 Å². The van der Waals surface area contributed by atoms with Crippen molar-refractivity contribution >= 4 is 43.5 Å². The van der Waals surface area contributed by atoms with Crippen molar-refractivity contribution in [3.8, 4) is 17.4 Å². The summed E-state index contributed by atoms with van der Waals surface area (Å²) in [5.41, 5.74) is -0.277. The summed E-state index contributed by atoms with van der Waals surface area (Å²) in [4.78, 5) is 10.7. The van der Waals surface area contributed by atoms with Crippen LogP contribution < -0.4 is 5.32 Å². The molecule has 2 aromatic heterocycles. The molecule has 0 aliphatic heterocycles. The van der Waals surface area contributed by atoms with Crippen molar-refractivity contribution in [3.63, 3.8) is 0 Å². The van der Waals surface area contributed by atoms with Gasteiger partial charge in [-0.15, -0.1) is 10.2 Å². The van der Waals surface area contributed by atoms with Gasteiger partial charge in [0.25, 0.3) is 20.2 Å². The van der Waals surface area contributed by atoms with E-state index in [0.29, 0.717) is 11.4 Å². The van der Waals surface area contributed by atoms with Crippen LogP contribution >= 0.6 is 0 Å². The molecule has 0 saturated carbocycles. The van der Waals surface area contributed by atoms with Crippen LogP contribution in [0, 0.1) is 11.3 Å². The molecule has 0 saturated heterocycles. The SMILES string of the molecule is CC(=O)Nc1c(N=Nc2c(C#N)cnn2-c2cc(S(=O)(=O)O)ccc2S(=O)(=O)O)c(C(C)(C)C)nn1-c1ccccc1. The van der Waals surface area contributed by atoms with Crippen molar-refractivity contribution in [2.45, 2.75) is 42.9 Å². The first-order valence-corrected chi connectivity index (χ1v) is 14.9. The molecule has 4 rings (SSSR count). The van der Waals surface area contributed by atoms with Gasteiger partial charge in [0, 0.05) is 12.3 Å². The zero-order valence-corrected chi connectivity index (χ0v) is 24.2. The number of benzene rings is 2. The lowest BCUT2D eigenvalue weighted by molar-refractivity contribution is -0.114. The summed E-state index contributed by atoms with van der Waals surface area (Å²) < 4.78 is 69.4. The van der Waals surface area contributed by atoms with Gasteiger partial charge in [-0.1, -0.05) is 39.0 Å². The Labute approximate surface area is 240 Å². The van der Waals surface area contributed by atoms with Crippen molar-refractivity contribution in [1.82, 2.24) is 19.6 Å². The van der Waals surface area contributed by atoms with E-state index < -0.39 is 47.0 Å². The second-order valence-corrected chi connectivity index (χ2v) is 12.7. The highest BCUT2D eigenvalue weighted by atomic mass is 32.2. The second kappa shape index (κ2) is 10.9. The average molecular weight is 613 g/mol. The molecule has 4 aromatic rings. The van der Waals surface area contributed by atoms with E-state index in [-0.39, 0.29) is 22.9 Å². The average Bonchev–Trinajstić information content (AvgIpc) is 3.47. The van der Waals surface area contributed by atoms with Gasteiger partial charge >= 0.3 is 0 Å². The van der Waals surface area contributed by atoms with E-state index in [2.05, 4.69) is 25.7 Å². The number of aromatic nitrogens is 4. The summed E-state index contributed by atoms with van der Waals surface area (Å²) in [7, 11) is -9.77. The summed E-state index contributed by atoms with van der Waals surface area (Å²) in [6.45, 7) is 6.85. The summed E-state index contributed by atoms with van der Waals surface area (Å²) >= 11 is 0. The van der Waals surface area contributed by atoms with Crippen LogP contribution in [0.5, 0.6) is 0 Å². The third kappa shape index (κ3) is 6.11. The quantitative estimate of drug-likeness (QED) is 0.200. The number of anilines is 1. The molecule has 0 spiro atoms. The number of nitrogens with one attached hydrogen (secondary N) is 1. The first-order valence-electron chi connectivity index (χ1n) is 12.0. The van der Waals surface area contributed by atoms with Crippen LogP contribution in [0.25, 0.3) is 11.4 Å². The lowest BCUT2D eigenvalue weighted by atomic mass is 9.91. The molecule has 2 aromatic carbocycles. The molecule has 0 fully saturated rings. The number of amides is 1. The highest BCUT2D eigenvalue weighted by Gasteiger charge is 2.29. The fraction of sp³-hybridized carbons (Fsp3) is 0.200. The fourth-order valence-electron chi connectivity index (χ4n) is 3.88. The Hall–Kier alpha value is -4.76. The first kappa shape index (κ1) is 30.2. The molecule has 0 aliphatic carbocycles. The van der Waals surface area contributed by atoms with Gasteiger partial charge < -0.3 is 5.32 Å². The lowest BCUT2D eigenvalue weighted by Gasteiger charge is -2.15. The van der Waals surface area contributed by atoms with Crippen LogP contribution in [0.4, 0.5) is 17.3 Å². The number of nitrogens with zero attached hydrogens (tertiary/aromatic N) is 7. The number of para-hydroxylation sites is 1. The third-order valence-electron chi connectivity index (χ3n) is 5.71. The summed E-state index contributed by atoms with van der Waals surface area (Å²) in [5, 5.41) is 29.5. The van der Waals surface area contributed by atoms with Crippen molar-refractivity contribution in [3.05, 3.63) is 66.0 Å². The number of carbonyl (C=O) groups is 1. The van der Waals surface area contributed by atoms with E-state index in [1.54, 1.807) is 30.3 Å².